The van der Waals surface area contributed by atoms with Crippen molar-refractivity contribution in [3.8, 4) is 0 Å². The molecule has 12 heavy (non-hydrogen) atoms. The Morgan fingerprint density at radius 1 is 1.50 bits per heavy atom. The van der Waals surface area contributed by atoms with Gasteiger partial charge in [-0.05, 0) is 30.2 Å². The Kier molecular flexibility index (Phi) is 2.61. The van der Waals surface area contributed by atoms with Crippen LogP contribution in [0, 0.1) is 12.7 Å². The number of halogens is 1. The number of hydrogen-bond acceptors (Lipinski definition) is 1. The lowest BCUT2D eigenvalue weighted by Crippen LogP contribution is -1.94. The molecule has 1 atom stereocenters. The maximum Gasteiger partial charge on any atom is 0.123 e. The number of aliphatic hydroxyl groups is 1. The molecule has 0 saturated heterocycles. The summed E-state index contributed by atoms with van der Waals surface area (Å²) in [7, 11) is 0. The normalized spacial score (nSPS) is 12.6. The molecule has 1 nitrogen and oxygen atoms in total. The van der Waals surface area contributed by atoms with Gasteiger partial charge in [0.15, 0.2) is 0 Å². The maximum absolute atomic E-state index is 12.8. The van der Waals surface area contributed by atoms with Gasteiger partial charge < -0.3 is 5.11 Å². The van der Waals surface area contributed by atoms with Gasteiger partial charge in [0.2, 0.25) is 0 Å². The molecule has 0 fully saturated rings. The lowest BCUT2D eigenvalue weighted by atomic mass is 10.1. The first-order chi connectivity index (χ1) is 5.63. The summed E-state index contributed by atoms with van der Waals surface area (Å²) in [5, 5.41) is 9.29. The summed E-state index contributed by atoms with van der Waals surface area (Å²) in [6.07, 6.45) is 0.591. The van der Waals surface area contributed by atoms with Crippen LogP contribution in [0.1, 0.15) is 17.2 Å². The van der Waals surface area contributed by atoms with Crippen LogP contribution in [0.5, 0.6) is 0 Å². The molecule has 64 valence electrons. The largest absolute Gasteiger partial charge is 0.384 e. The van der Waals surface area contributed by atoms with Gasteiger partial charge in [0, 0.05) is 0 Å². The van der Waals surface area contributed by atoms with Crippen LogP contribution in [0.2, 0.25) is 0 Å². The molecule has 0 bridgehead atoms. The fraction of sp³-hybridized carbons (Fsp3) is 0.200. The predicted octanol–water partition coefficient (Wildman–Crippen LogP) is 2.35. The molecular formula is C10H11FO. The number of rotatable bonds is 2. The number of aryl methyl sites for hydroxylation is 1. The summed E-state index contributed by atoms with van der Waals surface area (Å²) in [5.74, 6) is -0.328. The smallest absolute Gasteiger partial charge is 0.123 e. The van der Waals surface area contributed by atoms with Crippen molar-refractivity contribution in [3.63, 3.8) is 0 Å². The van der Waals surface area contributed by atoms with Crippen LogP contribution in [0.15, 0.2) is 30.9 Å². The molecule has 0 spiro atoms. The summed E-state index contributed by atoms with van der Waals surface area (Å²) >= 11 is 0. The Hall–Kier alpha value is -1.15. The number of aliphatic hydroxyl groups excluding tert-OH is 1. The molecule has 1 rings (SSSR count). The first kappa shape index (κ1) is 8.94. The minimum Gasteiger partial charge on any atom is -0.384 e. The second-order valence-corrected chi connectivity index (χ2v) is 2.74. The molecule has 2 heteroatoms. The average Bonchev–Trinajstić information content (AvgIpc) is 2.01. The number of benzene rings is 1. The van der Waals surface area contributed by atoms with E-state index in [4.69, 9.17) is 0 Å². The highest BCUT2D eigenvalue weighted by molar-refractivity contribution is 5.27. The number of hydrogen-bond donors (Lipinski definition) is 1. The van der Waals surface area contributed by atoms with Crippen molar-refractivity contribution >= 4 is 0 Å². The third-order valence-corrected chi connectivity index (χ3v) is 1.63. The molecule has 1 aromatic carbocycles. The monoisotopic (exact) mass is 166 g/mol. The van der Waals surface area contributed by atoms with Gasteiger partial charge in [-0.3, -0.25) is 0 Å². The minimum absolute atomic E-state index is 0.328. The summed E-state index contributed by atoms with van der Waals surface area (Å²) in [4.78, 5) is 0. The van der Waals surface area contributed by atoms with E-state index in [9.17, 15) is 9.50 Å². The highest BCUT2D eigenvalue weighted by Gasteiger charge is 2.04. The molecule has 0 aliphatic heterocycles. The van der Waals surface area contributed by atoms with Crippen molar-refractivity contribution in [2.24, 2.45) is 0 Å². The summed E-state index contributed by atoms with van der Waals surface area (Å²) < 4.78 is 12.8. The molecule has 0 aromatic heterocycles. The van der Waals surface area contributed by atoms with E-state index in [1.54, 1.807) is 13.0 Å². The van der Waals surface area contributed by atoms with Crippen molar-refractivity contribution in [2.75, 3.05) is 0 Å². The highest BCUT2D eigenvalue weighted by atomic mass is 19.1. The lowest BCUT2D eigenvalue weighted by molar-refractivity contribution is 0.228. The first-order valence-corrected chi connectivity index (χ1v) is 3.71. The molecule has 0 amide bonds. The molecule has 0 aliphatic rings. The SMILES string of the molecule is C=CC(O)c1cc(C)cc(F)c1. The van der Waals surface area contributed by atoms with Crippen LogP contribution >= 0.6 is 0 Å². The van der Waals surface area contributed by atoms with E-state index in [1.165, 1.54) is 18.2 Å². The molecule has 0 radical (unpaired) electrons. The van der Waals surface area contributed by atoms with Crippen molar-refractivity contribution in [1.29, 1.82) is 0 Å². The Morgan fingerprint density at radius 2 is 2.17 bits per heavy atom. The second-order valence-electron chi connectivity index (χ2n) is 2.74. The molecule has 1 unspecified atom stereocenters. The van der Waals surface area contributed by atoms with E-state index in [-0.39, 0.29) is 5.82 Å². The summed E-state index contributed by atoms with van der Waals surface area (Å²) in [5.41, 5.74) is 1.34. The van der Waals surface area contributed by atoms with Gasteiger partial charge in [0.1, 0.15) is 5.82 Å². The van der Waals surface area contributed by atoms with E-state index in [0.717, 1.165) is 5.56 Å². The zero-order valence-electron chi connectivity index (χ0n) is 6.92. The standard InChI is InChI=1S/C10H11FO/c1-3-10(12)8-4-7(2)5-9(11)6-8/h3-6,10,12H,1H2,2H3. The van der Waals surface area contributed by atoms with Gasteiger partial charge >= 0.3 is 0 Å². The van der Waals surface area contributed by atoms with Gasteiger partial charge in [-0.2, -0.15) is 0 Å². The van der Waals surface area contributed by atoms with Crippen molar-refractivity contribution in [2.45, 2.75) is 13.0 Å². The molecule has 0 saturated carbocycles. The van der Waals surface area contributed by atoms with Gasteiger partial charge in [0.25, 0.3) is 0 Å². The average molecular weight is 166 g/mol. The van der Waals surface area contributed by atoms with E-state index >= 15 is 0 Å². The summed E-state index contributed by atoms with van der Waals surface area (Å²) in [6.45, 7) is 5.20. The van der Waals surface area contributed by atoms with Crippen LogP contribution < -0.4 is 0 Å². The second kappa shape index (κ2) is 3.50. The molecular weight excluding hydrogens is 155 g/mol. The van der Waals surface area contributed by atoms with Crippen LogP contribution in [0.4, 0.5) is 4.39 Å². The quantitative estimate of drug-likeness (QED) is 0.668. The van der Waals surface area contributed by atoms with Crippen LogP contribution in [-0.4, -0.2) is 5.11 Å². The Bertz CT molecular complexity index is 274. The van der Waals surface area contributed by atoms with E-state index in [1.807, 2.05) is 0 Å². The minimum atomic E-state index is -0.778. The van der Waals surface area contributed by atoms with Gasteiger partial charge in [-0.25, -0.2) is 4.39 Å². The van der Waals surface area contributed by atoms with Gasteiger partial charge in [-0.1, -0.05) is 12.1 Å². The third kappa shape index (κ3) is 1.92. The fourth-order valence-corrected chi connectivity index (χ4v) is 1.07. The molecule has 1 aromatic rings. The van der Waals surface area contributed by atoms with Gasteiger partial charge in [-0.15, -0.1) is 6.58 Å². The van der Waals surface area contributed by atoms with Crippen molar-refractivity contribution in [1.82, 2.24) is 0 Å². The van der Waals surface area contributed by atoms with E-state index in [0.29, 0.717) is 5.56 Å². The van der Waals surface area contributed by atoms with Crippen LogP contribution in [-0.2, 0) is 0 Å². The fourth-order valence-electron chi connectivity index (χ4n) is 1.07. The molecule has 0 aliphatic carbocycles. The van der Waals surface area contributed by atoms with Gasteiger partial charge in [0.05, 0.1) is 6.10 Å². The zero-order valence-corrected chi connectivity index (χ0v) is 6.92. The third-order valence-electron chi connectivity index (χ3n) is 1.63. The lowest BCUT2D eigenvalue weighted by Gasteiger charge is -2.06. The summed E-state index contributed by atoms with van der Waals surface area (Å²) in [6, 6.07) is 4.45. The maximum atomic E-state index is 12.8. The van der Waals surface area contributed by atoms with Crippen molar-refractivity contribution < 1.29 is 9.50 Å². The Labute approximate surface area is 71.2 Å². The van der Waals surface area contributed by atoms with E-state index < -0.39 is 6.10 Å². The van der Waals surface area contributed by atoms with Crippen LogP contribution in [0.25, 0.3) is 0 Å². The zero-order chi connectivity index (χ0) is 9.14. The molecule has 1 N–H and O–H groups in total. The Balaban J connectivity index is 3.08. The van der Waals surface area contributed by atoms with Crippen molar-refractivity contribution in [3.05, 3.63) is 47.8 Å². The topological polar surface area (TPSA) is 20.2 Å². The van der Waals surface area contributed by atoms with E-state index in [2.05, 4.69) is 6.58 Å². The molecule has 0 heterocycles. The van der Waals surface area contributed by atoms with Crippen LogP contribution in [0.3, 0.4) is 0 Å². The Morgan fingerprint density at radius 3 is 2.67 bits per heavy atom. The highest BCUT2D eigenvalue weighted by Crippen LogP contribution is 2.16. The first-order valence-electron chi connectivity index (χ1n) is 3.71. The predicted molar refractivity (Wildman–Crippen MR) is 46.3 cm³/mol.